The second kappa shape index (κ2) is 13.9. The Morgan fingerprint density at radius 2 is 1.12 bits per heavy atom. The van der Waals surface area contributed by atoms with E-state index in [2.05, 4.69) is 15.9 Å². The highest BCUT2D eigenvalue weighted by molar-refractivity contribution is 9.10. The number of phenols is 2. The van der Waals surface area contributed by atoms with E-state index < -0.39 is 7.12 Å². The van der Waals surface area contributed by atoms with Crippen LogP contribution in [0.25, 0.3) is 11.1 Å². The lowest BCUT2D eigenvalue weighted by Gasteiger charge is -2.03. The van der Waals surface area contributed by atoms with E-state index in [0.717, 1.165) is 27.1 Å². The van der Waals surface area contributed by atoms with Gasteiger partial charge in [-0.1, -0.05) is 52.3 Å². The molecule has 0 unspecified atom stereocenters. The number of halogens is 1. The molecule has 4 aromatic carbocycles. The summed E-state index contributed by atoms with van der Waals surface area (Å²) in [6.07, 6.45) is 0. The van der Waals surface area contributed by atoms with Gasteiger partial charge in [0.15, 0.2) is 0 Å². The van der Waals surface area contributed by atoms with E-state index in [1.54, 1.807) is 32.4 Å². The van der Waals surface area contributed by atoms with E-state index in [1.807, 2.05) is 60.7 Å². The van der Waals surface area contributed by atoms with Crippen molar-refractivity contribution < 1.29 is 29.7 Å². The van der Waals surface area contributed by atoms with Gasteiger partial charge in [-0.05, 0) is 77.3 Å². The number of rotatable bonds is 4. The molecule has 0 aliphatic heterocycles. The summed E-state index contributed by atoms with van der Waals surface area (Å²) in [5.74, 6) is 2.03. The molecule has 0 aliphatic rings. The van der Waals surface area contributed by atoms with E-state index in [0.29, 0.717) is 5.46 Å². The number of hydrogen-bond donors (Lipinski definition) is 4. The van der Waals surface area contributed by atoms with Crippen molar-refractivity contribution in [3.05, 3.63) is 102 Å². The molecule has 0 heterocycles. The topological polar surface area (TPSA) is 99.4 Å². The van der Waals surface area contributed by atoms with E-state index in [1.165, 1.54) is 18.2 Å². The number of benzene rings is 4. The summed E-state index contributed by atoms with van der Waals surface area (Å²) in [5.41, 5.74) is 2.35. The second-order valence-electron chi connectivity index (χ2n) is 6.91. The highest BCUT2D eigenvalue weighted by Gasteiger charge is 2.09. The molecule has 8 heteroatoms. The van der Waals surface area contributed by atoms with Gasteiger partial charge in [0.1, 0.15) is 23.0 Å². The first-order valence-electron chi connectivity index (χ1n) is 10.2. The summed E-state index contributed by atoms with van der Waals surface area (Å²) >= 11 is 3.32. The zero-order valence-corrected chi connectivity index (χ0v) is 20.4. The molecular weight excluding hydrogens is 499 g/mol. The molecule has 4 rings (SSSR count). The Hall–Kier alpha value is -3.46. The Labute approximate surface area is 208 Å². The van der Waals surface area contributed by atoms with Crippen molar-refractivity contribution in [3.63, 3.8) is 0 Å². The molecule has 0 aliphatic carbocycles. The summed E-state index contributed by atoms with van der Waals surface area (Å²) in [4.78, 5) is 0. The van der Waals surface area contributed by atoms with Crippen LogP contribution in [0.3, 0.4) is 0 Å². The lowest BCUT2D eigenvalue weighted by molar-refractivity contribution is 0.414. The molecule has 0 bridgehead atoms. The minimum Gasteiger partial charge on any atom is -0.508 e. The van der Waals surface area contributed by atoms with Gasteiger partial charge in [-0.3, -0.25) is 0 Å². The Morgan fingerprint density at radius 3 is 1.56 bits per heavy atom. The van der Waals surface area contributed by atoms with Crippen LogP contribution >= 0.6 is 15.9 Å². The van der Waals surface area contributed by atoms with Crippen LogP contribution in [0, 0.1) is 0 Å². The third-order valence-corrected chi connectivity index (χ3v) is 5.02. The number of phenolic OH excluding ortho intramolecular Hbond substituents is 2. The lowest BCUT2D eigenvalue weighted by atomic mass is 9.80. The van der Waals surface area contributed by atoms with Crippen LogP contribution in [0.5, 0.6) is 23.0 Å². The van der Waals surface area contributed by atoms with Crippen molar-refractivity contribution >= 4 is 28.5 Å². The highest BCUT2D eigenvalue weighted by atomic mass is 79.9. The smallest absolute Gasteiger partial charge is 0.488 e. The van der Waals surface area contributed by atoms with Gasteiger partial charge >= 0.3 is 7.12 Å². The number of ether oxygens (including phenoxy) is 2. The maximum absolute atomic E-state index is 9.35. The van der Waals surface area contributed by atoms with Crippen molar-refractivity contribution in [2.75, 3.05) is 14.2 Å². The molecule has 0 radical (unpaired) electrons. The highest BCUT2D eigenvalue weighted by Crippen LogP contribution is 2.24. The standard InChI is InChI=1S/C13H12O2.C7H7BrO.C6H7BO3/c1-15-13-7-5-10(6-8-13)11-3-2-4-12(14)9-11;1-9-7-4-2-6(8)3-5-7;8-6-3-1-2-5(4-6)7(9)10/h2-9,14H,1H3;2-5H,1H3;1-4,8-10H. The number of hydrogen-bond acceptors (Lipinski definition) is 6. The molecular formula is C26H26BBrO6. The Kier molecular flexibility index (Phi) is 11.0. The monoisotopic (exact) mass is 524 g/mol. The molecule has 6 nitrogen and oxygen atoms in total. The summed E-state index contributed by atoms with van der Waals surface area (Å²) in [6, 6.07) is 28.4. The summed E-state index contributed by atoms with van der Waals surface area (Å²) in [6.45, 7) is 0. The van der Waals surface area contributed by atoms with Gasteiger partial charge in [-0.15, -0.1) is 0 Å². The first kappa shape index (κ1) is 26.8. The predicted octanol–water partition coefficient (Wildman–Crippen LogP) is 4.60. The normalized spacial score (nSPS) is 9.56. The number of aromatic hydroxyl groups is 2. The van der Waals surface area contributed by atoms with E-state index in [-0.39, 0.29) is 11.5 Å². The van der Waals surface area contributed by atoms with Crippen LogP contribution in [0.1, 0.15) is 0 Å². The fourth-order valence-electron chi connectivity index (χ4n) is 2.73. The van der Waals surface area contributed by atoms with E-state index >= 15 is 0 Å². The minimum absolute atomic E-state index is 0.0330. The first-order chi connectivity index (χ1) is 16.3. The van der Waals surface area contributed by atoms with Crippen molar-refractivity contribution in [1.82, 2.24) is 0 Å². The average Bonchev–Trinajstić information content (AvgIpc) is 2.85. The van der Waals surface area contributed by atoms with Gasteiger partial charge < -0.3 is 29.7 Å². The first-order valence-corrected chi connectivity index (χ1v) is 11.0. The predicted molar refractivity (Wildman–Crippen MR) is 139 cm³/mol. The average molecular weight is 525 g/mol. The summed E-state index contributed by atoms with van der Waals surface area (Å²) < 4.78 is 11.1. The van der Waals surface area contributed by atoms with E-state index in [4.69, 9.17) is 24.6 Å². The largest absolute Gasteiger partial charge is 0.508 e. The molecule has 0 atom stereocenters. The van der Waals surface area contributed by atoms with Crippen LogP contribution in [-0.4, -0.2) is 41.6 Å². The van der Waals surface area contributed by atoms with Crippen molar-refractivity contribution in [1.29, 1.82) is 0 Å². The van der Waals surface area contributed by atoms with Crippen LogP contribution < -0.4 is 14.9 Å². The van der Waals surface area contributed by atoms with Crippen molar-refractivity contribution in [2.24, 2.45) is 0 Å². The third-order valence-electron chi connectivity index (χ3n) is 4.49. The van der Waals surface area contributed by atoms with Gasteiger partial charge in [0, 0.05) is 4.47 Å². The second-order valence-corrected chi connectivity index (χ2v) is 7.82. The van der Waals surface area contributed by atoms with Gasteiger partial charge in [0.05, 0.1) is 14.2 Å². The van der Waals surface area contributed by atoms with Crippen molar-refractivity contribution in [3.8, 4) is 34.1 Å². The lowest BCUT2D eigenvalue weighted by Crippen LogP contribution is -2.29. The summed E-state index contributed by atoms with van der Waals surface area (Å²) in [5, 5.41) is 35.4. The molecule has 4 aromatic rings. The minimum atomic E-state index is -1.51. The van der Waals surface area contributed by atoms with Crippen LogP contribution in [0.2, 0.25) is 0 Å². The molecule has 0 aromatic heterocycles. The zero-order chi connectivity index (χ0) is 24.9. The molecule has 0 spiro atoms. The fraction of sp³-hybridized carbons (Fsp3) is 0.0769. The van der Waals surface area contributed by atoms with Gasteiger partial charge in [0.25, 0.3) is 0 Å². The summed E-state index contributed by atoms with van der Waals surface area (Å²) in [7, 11) is 1.79. The zero-order valence-electron chi connectivity index (χ0n) is 18.8. The Bertz CT molecular complexity index is 1130. The van der Waals surface area contributed by atoms with Gasteiger partial charge in [-0.25, -0.2) is 0 Å². The van der Waals surface area contributed by atoms with E-state index in [9.17, 15) is 5.11 Å². The molecule has 0 saturated heterocycles. The molecule has 34 heavy (non-hydrogen) atoms. The van der Waals surface area contributed by atoms with Gasteiger partial charge in [-0.2, -0.15) is 0 Å². The maximum Gasteiger partial charge on any atom is 0.488 e. The van der Waals surface area contributed by atoms with Crippen LogP contribution in [0.4, 0.5) is 0 Å². The van der Waals surface area contributed by atoms with Crippen LogP contribution in [-0.2, 0) is 0 Å². The number of methoxy groups -OCH3 is 2. The quantitative estimate of drug-likeness (QED) is 0.291. The fourth-order valence-corrected chi connectivity index (χ4v) is 2.99. The van der Waals surface area contributed by atoms with Gasteiger partial charge in [0.2, 0.25) is 0 Å². The Balaban J connectivity index is 0.000000189. The third kappa shape index (κ3) is 9.19. The molecule has 4 N–H and O–H groups in total. The van der Waals surface area contributed by atoms with Crippen LogP contribution in [0.15, 0.2) is 102 Å². The molecule has 0 amide bonds. The maximum atomic E-state index is 9.35. The SMILES string of the molecule is COc1ccc(-c2cccc(O)c2)cc1.COc1ccc(Br)cc1.OB(O)c1cccc(O)c1. The molecule has 176 valence electrons. The molecule has 0 fully saturated rings. The van der Waals surface area contributed by atoms with Crippen molar-refractivity contribution in [2.45, 2.75) is 0 Å². The Morgan fingerprint density at radius 1 is 0.618 bits per heavy atom. The molecule has 0 saturated carbocycles.